The van der Waals surface area contributed by atoms with Crippen molar-refractivity contribution in [1.82, 2.24) is 19.9 Å². The van der Waals surface area contributed by atoms with Crippen molar-refractivity contribution in [2.75, 3.05) is 12.4 Å². The van der Waals surface area contributed by atoms with E-state index >= 15 is 0 Å². The second-order valence-electron chi connectivity index (χ2n) is 7.62. The molecule has 1 saturated carbocycles. The van der Waals surface area contributed by atoms with Crippen molar-refractivity contribution < 1.29 is 9.53 Å². The minimum absolute atomic E-state index is 0.354. The Morgan fingerprint density at radius 1 is 1.18 bits per heavy atom. The second kappa shape index (κ2) is 8.77. The molecule has 7 nitrogen and oxygen atoms in total. The molecule has 0 bridgehead atoms. The number of nitrogens with one attached hydrogen (secondary N) is 1. The molecule has 33 heavy (non-hydrogen) atoms. The lowest BCUT2D eigenvalue weighted by Gasteiger charge is -2.13. The Hall–Kier alpha value is -3.54. The van der Waals surface area contributed by atoms with Gasteiger partial charge in [-0.2, -0.15) is 4.98 Å². The number of hydrogen-bond donors (Lipinski definition) is 1. The number of fused-ring (bicyclic) bond motifs is 1. The molecule has 1 fully saturated rings. The molecular formula is C24H18ClN5O2S. The summed E-state index contributed by atoms with van der Waals surface area (Å²) in [5.74, 6) is 6.96. The number of thiazole rings is 1. The highest BCUT2D eigenvalue weighted by molar-refractivity contribution is 7.21. The minimum atomic E-state index is -0.354. The maximum atomic E-state index is 13.2. The summed E-state index contributed by atoms with van der Waals surface area (Å²) < 4.78 is 5.49. The van der Waals surface area contributed by atoms with Crippen LogP contribution in [0.25, 0.3) is 21.6 Å². The summed E-state index contributed by atoms with van der Waals surface area (Å²) in [5.41, 5.74) is 3.57. The van der Waals surface area contributed by atoms with Crippen LogP contribution in [-0.2, 0) is 0 Å². The number of pyridine rings is 1. The number of carbonyl (C=O) groups is 1. The summed E-state index contributed by atoms with van der Waals surface area (Å²) >= 11 is 7.47. The number of benzene rings is 1. The van der Waals surface area contributed by atoms with Gasteiger partial charge in [-0.05, 0) is 50.0 Å². The quantitative estimate of drug-likeness (QED) is 0.411. The van der Waals surface area contributed by atoms with E-state index in [1.165, 1.54) is 17.5 Å². The maximum Gasteiger partial charge on any atom is 0.259 e. The Balaban J connectivity index is 1.46. The summed E-state index contributed by atoms with van der Waals surface area (Å²) in [6, 6.07) is 7.10. The fourth-order valence-corrected chi connectivity index (χ4v) is 4.22. The Labute approximate surface area is 199 Å². The summed E-state index contributed by atoms with van der Waals surface area (Å²) in [4.78, 5) is 31.4. The van der Waals surface area contributed by atoms with Gasteiger partial charge in [-0.25, -0.2) is 9.97 Å². The zero-order valence-corrected chi connectivity index (χ0v) is 19.4. The van der Waals surface area contributed by atoms with Gasteiger partial charge in [0.2, 0.25) is 0 Å². The highest BCUT2D eigenvalue weighted by atomic mass is 35.5. The molecular weight excluding hydrogens is 458 g/mol. The molecule has 1 aliphatic carbocycles. The van der Waals surface area contributed by atoms with Crippen molar-refractivity contribution in [1.29, 1.82) is 0 Å². The van der Waals surface area contributed by atoms with E-state index in [-0.39, 0.29) is 5.91 Å². The molecule has 4 aromatic rings. The first-order valence-corrected chi connectivity index (χ1v) is 11.5. The summed E-state index contributed by atoms with van der Waals surface area (Å²) in [6.07, 6.45) is 5.44. The SMILES string of the molecule is COc1ccc(Cl)cc1-c1cc(C)ncc1C(=O)Nc1nc2ncc(C#CC3CC3)nc2s1. The zero-order chi connectivity index (χ0) is 22.9. The molecule has 0 atom stereocenters. The third-order valence-electron chi connectivity index (χ3n) is 5.06. The maximum absolute atomic E-state index is 13.2. The lowest BCUT2D eigenvalue weighted by Crippen LogP contribution is -2.14. The number of rotatable bonds is 4. The van der Waals surface area contributed by atoms with Crippen molar-refractivity contribution in [3.63, 3.8) is 0 Å². The van der Waals surface area contributed by atoms with Gasteiger partial charge in [0.15, 0.2) is 15.6 Å². The fourth-order valence-electron chi connectivity index (χ4n) is 3.26. The molecule has 5 rings (SSSR count). The van der Waals surface area contributed by atoms with Crippen LogP contribution < -0.4 is 10.1 Å². The Bertz CT molecular complexity index is 1450. The molecule has 3 heterocycles. The van der Waals surface area contributed by atoms with E-state index in [0.717, 1.165) is 18.5 Å². The van der Waals surface area contributed by atoms with E-state index in [9.17, 15) is 4.79 Å². The van der Waals surface area contributed by atoms with Crippen LogP contribution in [0.4, 0.5) is 5.13 Å². The topological polar surface area (TPSA) is 89.9 Å². The third-order valence-corrected chi connectivity index (χ3v) is 6.15. The van der Waals surface area contributed by atoms with E-state index in [1.807, 2.05) is 13.0 Å². The van der Waals surface area contributed by atoms with E-state index in [1.54, 1.807) is 31.5 Å². The highest BCUT2D eigenvalue weighted by Gasteiger charge is 2.20. The van der Waals surface area contributed by atoms with Crippen LogP contribution in [0.2, 0.25) is 5.02 Å². The molecule has 0 unspecified atom stereocenters. The van der Waals surface area contributed by atoms with Gasteiger partial charge in [0.1, 0.15) is 11.4 Å². The molecule has 0 saturated heterocycles. The minimum Gasteiger partial charge on any atom is -0.496 e. The van der Waals surface area contributed by atoms with Gasteiger partial charge in [-0.3, -0.25) is 15.1 Å². The Morgan fingerprint density at radius 2 is 2.03 bits per heavy atom. The van der Waals surface area contributed by atoms with E-state index in [0.29, 0.717) is 54.7 Å². The number of anilines is 1. The predicted molar refractivity (Wildman–Crippen MR) is 129 cm³/mol. The van der Waals surface area contributed by atoms with Crippen molar-refractivity contribution in [3.05, 3.63) is 58.6 Å². The van der Waals surface area contributed by atoms with E-state index in [2.05, 4.69) is 37.1 Å². The third kappa shape index (κ3) is 4.65. The van der Waals surface area contributed by atoms with Gasteiger partial charge in [0, 0.05) is 34.0 Å². The first-order chi connectivity index (χ1) is 16.0. The average molecular weight is 476 g/mol. The number of aromatic nitrogens is 4. The molecule has 1 aromatic carbocycles. The molecule has 0 spiro atoms. The lowest BCUT2D eigenvalue weighted by molar-refractivity contribution is 0.102. The van der Waals surface area contributed by atoms with Gasteiger partial charge in [0.05, 0.1) is 18.9 Å². The molecule has 1 aliphatic rings. The van der Waals surface area contributed by atoms with Crippen LogP contribution in [0, 0.1) is 24.7 Å². The molecule has 0 radical (unpaired) electrons. The van der Waals surface area contributed by atoms with E-state index < -0.39 is 0 Å². The molecule has 1 amide bonds. The van der Waals surface area contributed by atoms with Crippen LogP contribution in [0.15, 0.2) is 36.7 Å². The number of halogens is 1. The van der Waals surface area contributed by atoms with Crippen molar-refractivity contribution in [3.8, 4) is 28.7 Å². The Morgan fingerprint density at radius 3 is 2.82 bits per heavy atom. The van der Waals surface area contributed by atoms with Gasteiger partial charge >= 0.3 is 0 Å². The molecule has 164 valence electrons. The fraction of sp³-hybridized carbons (Fsp3) is 0.208. The number of carbonyl (C=O) groups excluding carboxylic acids is 1. The van der Waals surface area contributed by atoms with Gasteiger partial charge in [0.25, 0.3) is 5.91 Å². The second-order valence-corrected chi connectivity index (χ2v) is 9.03. The lowest BCUT2D eigenvalue weighted by atomic mass is 9.99. The number of aryl methyl sites for hydroxylation is 1. The average Bonchev–Trinajstić information content (AvgIpc) is 3.55. The van der Waals surface area contributed by atoms with Crippen molar-refractivity contribution in [2.45, 2.75) is 19.8 Å². The number of methoxy groups -OCH3 is 1. The normalized spacial score (nSPS) is 12.8. The number of amides is 1. The summed E-state index contributed by atoms with van der Waals surface area (Å²) in [6.45, 7) is 1.86. The monoisotopic (exact) mass is 475 g/mol. The first-order valence-electron chi connectivity index (χ1n) is 10.3. The highest BCUT2D eigenvalue weighted by Crippen LogP contribution is 2.35. The van der Waals surface area contributed by atoms with Gasteiger partial charge in [-0.15, -0.1) is 0 Å². The van der Waals surface area contributed by atoms with E-state index in [4.69, 9.17) is 16.3 Å². The molecule has 3 aromatic heterocycles. The number of ether oxygens (including phenoxy) is 1. The van der Waals surface area contributed by atoms with Crippen molar-refractivity contribution in [2.24, 2.45) is 5.92 Å². The van der Waals surface area contributed by atoms with Crippen LogP contribution in [-0.4, -0.2) is 33.0 Å². The molecule has 0 aliphatic heterocycles. The van der Waals surface area contributed by atoms with Gasteiger partial charge in [-0.1, -0.05) is 28.9 Å². The largest absolute Gasteiger partial charge is 0.496 e. The van der Waals surface area contributed by atoms with Crippen molar-refractivity contribution >= 4 is 44.5 Å². The molecule has 1 N–H and O–H groups in total. The summed E-state index contributed by atoms with van der Waals surface area (Å²) in [7, 11) is 1.57. The molecule has 9 heteroatoms. The van der Waals surface area contributed by atoms with Gasteiger partial charge < -0.3 is 4.74 Å². The zero-order valence-electron chi connectivity index (χ0n) is 17.8. The first kappa shape index (κ1) is 21.3. The number of hydrogen-bond acceptors (Lipinski definition) is 7. The van der Waals surface area contributed by atoms with Crippen LogP contribution in [0.5, 0.6) is 5.75 Å². The van der Waals surface area contributed by atoms with Crippen LogP contribution >= 0.6 is 22.9 Å². The predicted octanol–water partition coefficient (Wildman–Crippen LogP) is 5.13. The Kier molecular flexibility index (Phi) is 5.67. The standard InChI is InChI=1S/C24H18ClN5O2S/c1-13-9-17(18-10-15(25)6-8-20(18)32-2)19(12-26-13)22(31)30-24-29-21-23(33-24)28-16(11-27-21)7-5-14-3-4-14/h6,8-12,14H,3-4H2,1-2H3,(H,27,29,30,31). The van der Waals surface area contributed by atoms with Crippen LogP contribution in [0.3, 0.4) is 0 Å². The van der Waals surface area contributed by atoms with Crippen LogP contribution in [0.1, 0.15) is 34.6 Å². The number of nitrogens with zero attached hydrogens (tertiary/aromatic N) is 4. The smallest absolute Gasteiger partial charge is 0.259 e. The summed E-state index contributed by atoms with van der Waals surface area (Å²) in [5, 5.41) is 3.78.